The smallest absolute Gasteiger partial charge is 0.494 e. The average molecular weight is 839 g/mol. The number of ether oxygens (including phenoxy) is 2. The third-order valence-corrected chi connectivity index (χ3v) is 12.7. The topological polar surface area (TPSA) is 55.4 Å². The predicted molar refractivity (Wildman–Crippen MR) is 259 cm³/mol. The molecule has 2 aliphatic heterocycles. The van der Waals surface area contributed by atoms with Gasteiger partial charge in [0.2, 0.25) is 0 Å². The lowest BCUT2D eigenvalue weighted by Crippen LogP contribution is -2.50. The van der Waals surface area contributed by atoms with Gasteiger partial charge in [-0.3, -0.25) is 0 Å². The van der Waals surface area contributed by atoms with Crippen molar-refractivity contribution in [2.75, 3.05) is 39.6 Å². The average Bonchev–Trinajstić information content (AvgIpc) is 3.23. The molecule has 0 spiro atoms. The zero-order chi connectivity index (χ0) is 43.0. The van der Waals surface area contributed by atoms with Crippen molar-refractivity contribution in [2.24, 2.45) is 10.8 Å². The second-order valence-corrected chi connectivity index (χ2v) is 20.5. The van der Waals surface area contributed by atoms with Crippen LogP contribution in [0.25, 0.3) is 0 Å². The van der Waals surface area contributed by atoms with Crippen molar-refractivity contribution in [1.29, 1.82) is 0 Å². The van der Waals surface area contributed by atoms with E-state index in [0.717, 1.165) is 35.3 Å². The first-order valence-corrected chi connectivity index (χ1v) is 26.1. The first-order valence-electron chi connectivity index (χ1n) is 26.1. The molecule has 0 aliphatic carbocycles. The molecular formula is C52H96B2O6. The van der Waals surface area contributed by atoms with E-state index in [1.807, 2.05) is 0 Å². The highest BCUT2D eigenvalue weighted by Crippen LogP contribution is 2.27. The summed E-state index contributed by atoms with van der Waals surface area (Å²) >= 11 is 0. The van der Waals surface area contributed by atoms with Gasteiger partial charge in [-0.05, 0) is 25.0 Å². The minimum absolute atomic E-state index is 0.0197. The molecule has 0 N–H and O–H groups in total. The molecule has 3 rings (SSSR count). The maximum absolute atomic E-state index is 6.60. The largest absolute Gasteiger partial charge is 0.497 e. The highest BCUT2D eigenvalue weighted by molar-refractivity contribution is 6.65. The van der Waals surface area contributed by atoms with Gasteiger partial charge in [-0.2, -0.15) is 0 Å². The van der Waals surface area contributed by atoms with Crippen LogP contribution in [0.15, 0.2) is 12.1 Å². The summed E-state index contributed by atoms with van der Waals surface area (Å²) in [5, 5.41) is 0. The Labute approximate surface area is 373 Å². The van der Waals surface area contributed by atoms with Crippen LogP contribution in [0.1, 0.15) is 247 Å². The van der Waals surface area contributed by atoms with Gasteiger partial charge in [0.1, 0.15) is 11.5 Å². The van der Waals surface area contributed by atoms with E-state index in [1.165, 1.54) is 193 Å². The molecule has 2 aliphatic rings. The lowest BCUT2D eigenvalue weighted by atomic mass is 9.70. The predicted octanol–water partition coefficient (Wildman–Crippen LogP) is 14.5. The Morgan fingerprint density at radius 1 is 0.367 bits per heavy atom. The maximum Gasteiger partial charge on any atom is 0.497 e. The van der Waals surface area contributed by atoms with Gasteiger partial charge in [-0.1, -0.05) is 234 Å². The van der Waals surface area contributed by atoms with Crippen LogP contribution in [0.3, 0.4) is 0 Å². The lowest BCUT2D eigenvalue weighted by molar-refractivity contribution is 0.0336. The quantitative estimate of drug-likeness (QED) is 0.0488. The number of rotatable bonds is 38. The summed E-state index contributed by atoms with van der Waals surface area (Å²) in [5.74, 6) is 1.59. The molecular weight excluding hydrogens is 742 g/mol. The SMILES string of the molecule is CCCCCCCCCCCCCCCCCCOc1cc(B2OCC(C)(C)CO2)c(OCCCCCCCCCCCCCCCCCC)cc1B1OCC(C)(C)CO1. The van der Waals surface area contributed by atoms with Crippen LogP contribution < -0.4 is 20.4 Å². The summed E-state index contributed by atoms with van der Waals surface area (Å²) in [6, 6.07) is 4.19. The Balaban J connectivity index is 1.43. The monoisotopic (exact) mass is 839 g/mol. The van der Waals surface area contributed by atoms with Crippen molar-refractivity contribution in [3.63, 3.8) is 0 Å². The molecule has 346 valence electrons. The highest BCUT2D eigenvalue weighted by Gasteiger charge is 2.39. The lowest BCUT2D eigenvalue weighted by Gasteiger charge is -2.35. The molecule has 0 radical (unpaired) electrons. The van der Waals surface area contributed by atoms with Crippen LogP contribution in [-0.2, 0) is 18.6 Å². The zero-order valence-electron chi connectivity index (χ0n) is 40.6. The number of hydrogen-bond donors (Lipinski definition) is 0. The molecule has 0 saturated carbocycles. The van der Waals surface area contributed by atoms with Crippen LogP contribution in [0, 0.1) is 10.8 Å². The molecule has 0 aromatic heterocycles. The van der Waals surface area contributed by atoms with Crippen molar-refractivity contribution in [3.05, 3.63) is 12.1 Å². The van der Waals surface area contributed by atoms with E-state index in [0.29, 0.717) is 39.6 Å². The van der Waals surface area contributed by atoms with Crippen LogP contribution in [0.2, 0.25) is 0 Å². The molecule has 0 amide bonds. The molecule has 1 aromatic carbocycles. The van der Waals surface area contributed by atoms with Gasteiger partial charge >= 0.3 is 14.2 Å². The van der Waals surface area contributed by atoms with E-state index in [-0.39, 0.29) is 10.8 Å². The molecule has 1 aromatic rings. The Morgan fingerprint density at radius 3 is 0.817 bits per heavy atom. The minimum Gasteiger partial charge on any atom is -0.494 e. The molecule has 0 atom stereocenters. The molecule has 0 unspecified atom stereocenters. The Bertz CT molecular complexity index is 1070. The van der Waals surface area contributed by atoms with E-state index in [1.54, 1.807) is 0 Å². The fourth-order valence-corrected chi connectivity index (χ4v) is 8.62. The summed E-state index contributed by atoms with van der Waals surface area (Å²) in [6.45, 7) is 17.2. The molecule has 60 heavy (non-hydrogen) atoms. The summed E-state index contributed by atoms with van der Waals surface area (Å²) in [4.78, 5) is 0. The van der Waals surface area contributed by atoms with E-state index >= 15 is 0 Å². The van der Waals surface area contributed by atoms with Crippen molar-refractivity contribution in [2.45, 2.75) is 247 Å². The zero-order valence-corrected chi connectivity index (χ0v) is 40.6. The molecule has 8 heteroatoms. The van der Waals surface area contributed by atoms with Gasteiger partial charge in [-0.15, -0.1) is 0 Å². The van der Waals surface area contributed by atoms with Crippen LogP contribution in [-0.4, -0.2) is 53.9 Å². The standard InChI is InChI=1S/C52H96B2O6/c1-7-9-11-13-15-17-19-21-23-25-27-29-31-33-35-37-39-55-49-41-48(54-59-45-52(5,6)46-60-54)50(42-47(49)53-57-43-51(3,4)44-58-53)56-40-38-36-34-32-30-28-26-24-22-20-18-16-14-12-10-8-2/h41-42H,7-40,43-46H2,1-6H3. The third-order valence-electron chi connectivity index (χ3n) is 12.7. The minimum atomic E-state index is -0.488. The number of unbranched alkanes of at least 4 members (excludes halogenated alkanes) is 30. The fourth-order valence-electron chi connectivity index (χ4n) is 8.62. The van der Waals surface area contributed by atoms with Gasteiger partial charge in [0.15, 0.2) is 0 Å². The van der Waals surface area contributed by atoms with Gasteiger partial charge in [0.05, 0.1) is 13.2 Å². The van der Waals surface area contributed by atoms with E-state index in [4.69, 9.17) is 28.1 Å². The molecule has 6 nitrogen and oxygen atoms in total. The van der Waals surface area contributed by atoms with Gasteiger partial charge in [0.25, 0.3) is 0 Å². The molecule has 0 bridgehead atoms. The summed E-state index contributed by atoms with van der Waals surface area (Å²) in [5.41, 5.74) is 1.77. The highest BCUT2D eigenvalue weighted by atomic mass is 16.6. The first-order chi connectivity index (χ1) is 29.2. The second kappa shape index (κ2) is 33.3. The van der Waals surface area contributed by atoms with Crippen LogP contribution >= 0.6 is 0 Å². The Morgan fingerprint density at radius 2 is 0.583 bits per heavy atom. The van der Waals surface area contributed by atoms with Gasteiger partial charge in [0, 0.05) is 48.2 Å². The number of benzene rings is 1. The van der Waals surface area contributed by atoms with Crippen molar-refractivity contribution >= 4 is 25.2 Å². The van der Waals surface area contributed by atoms with Crippen LogP contribution in [0.4, 0.5) is 0 Å². The Hall–Kier alpha value is -1.21. The number of hydrogen-bond acceptors (Lipinski definition) is 6. The van der Waals surface area contributed by atoms with Crippen molar-refractivity contribution < 1.29 is 28.1 Å². The van der Waals surface area contributed by atoms with E-state index in [2.05, 4.69) is 53.7 Å². The van der Waals surface area contributed by atoms with Crippen LogP contribution in [0.5, 0.6) is 11.5 Å². The maximum atomic E-state index is 6.60. The summed E-state index contributed by atoms with van der Waals surface area (Å²) in [7, 11) is -0.976. The molecule has 2 heterocycles. The van der Waals surface area contributed by atoms with E-state index in [9.17, 15) is 0 Å². The fraction of sp³-hybridized carbons (Fsp3) is 0.885. The molecule has 2 saturated heterocycles. The van der Waals surface area contributed by atoms with Crippen molar-refractivity contribution in [3.8, 4) is 11.5 Å². The second-order valence-electron chi connectivity index (χ2n) is 20.5. The van der Waals surface area contributed by atoms with Gasteiger partial charge in [-0.25, -0.2) is 0 Å². The third kappa shape index (κ3) is 24.6. The van der Waals surface area contributed by atoms with Gasteiger partial charge < -0.3 is 28.1 Å². The first kappa shape index (κ1) is 53.1. The molecule has 2 fully saturated rings. The van der Waals surface area contributed by atoms with E-state index < -0.39 is 14.2 Å². The Kier molecular flexibility index (Phi) is 29.5. The summed E-state index contributed by atoms with van der Waals surface area (Å²) < 4.78 is 38.6. The summed E-state index contributed by atoms with van der Waals surface area (Å²) in [6.07, 6.45) is 43.5. The normalized spacial score (nSPS) is 16.4. The van der Waals surface area contributed by atoms with Crippen molar-refractivity contribution in [1.82, 2.24) is 0 Å².